The summed E-state index contributed by atoms with van der Waals surface area (Å²) >= 11 is 3.33. The summed E-state index contributed by atoms with van der Waals surface area (Å²) in [6.07, 6.45) is 2.51. The first-order chi connectivity index (χ1) is 8.99. The number of ether oxygens (including phenoxy) is 1. The number of nitrogens with zero attached hydrogens (tertiary/aromatic N) is 1. The van der Waals surface area contributed by atoms with Crippen molar-refractivity contribution in [1.82, 2.24) is 0 Å². The predicted molar refractivity (Wildman–Crippen MR) is 76.5 cm³/mol. The number of halogens is 1. The summed E-state index contributed by atoms with van der Waals surface area (Å²) in [4.78, 5) is 10.4. The van der Waals surface area contributed by atoms with Gasteiger partial charge < -0.3 is 9.84 Å². The molecule has 0 spiro atoms. The zero-order chi connectivity index (χ0) is 14.4. The Hall–Kier alpha value is -1.30. The van der Waals surface area contributed by atoms with Crippen molar-refractivity contribution in [2.45, 2.75) is 32.1 Å². The van der Waals surface area contributed by atoms with Gasteiger partial charge in [0.1, 0.15) is 0 Å². The van der Waals surface area contributed by atoms with Gasteiger partial charge in [-0.25, -0.2) is 0 Å². The van der Waals surface area contributed by atoms with E-state index in [2.05, 4.69) is 15.9 Å². The normalized spacial score (nSPS) is 12.2. The lowest BCUT2D eigenvalue weighted by molar-refractivity contribution is -0.483. The number of nitro groups is 1. The van der Waals surface area contributed by atoms with Gasteiger partial charge in [-0.3, -0.25) is 10.1 Å². The van der Waals surface area contributed by atoms with Gasteiger partial charge in [-0.15, -0.1) is 0 Å². The van der Waals surface area contributed by atoms with E-state index in [0.29, 0.717) is 17.7 Å². The van der Waals surface area contributed by atoms with E-state index in [9.17, 15) is 15.2 Å². The first kappa shape index (κ1) is 15.8. The highest BCUT2D eigenvalue weighted by atomic mass is 79.9. The lowest BCUT2D eigenvalue weighted by Crippen LogP contribution is -2.13. The number of methoxy groups -OCH3 is 1. The second-order valence-corrected chi connectivity index (χ2v) is 5.32. The first-order valence-corrected chi connectivity index (χ1v) is 6.97. The zero-order valence-corrected chi connectivity index (χ0v) is 12.6. The topological polar surface area (TPSA) is 72.6 Å². The minimum absolute atomic E-state index is 0.00588. The van der Waals surface area contributed by atoms with Crippen molar-refractivity contribution in [3.8, 4) is 11.5 Å². The molecule has 1 atom stereocenters. The summed E-state index contributed by atoms with van der Waals surface area (Å²) in [6, 6.07) is 3.36. The lowest BCUT2D eigenvalue weighted by atomic mass is 9.92. The Morgan fingerprint density at radius 3 is 2.74 bits per heavy atom. The molecule has 1 aromatic carbocycles. The van der Waals surface area contributed by atoms with E-state index < -0.39 is 0 Å². The van der Waals surface area contributed by atoms with E-state index in [1.807, 2.05) is 6.92 Å². The maximum absolute atomic E-state index is 10.8. The van der Waals surface area contributed by atoms with Crippen molar-refractivity contribution >= 4 is 15.9 Å². The zero-order valence-electron chi connectivity index (χ0n) is 11.1. The Bertz CT molecular complexity index is 451. The van der Waals surface area contributed by atoms with Gasteiger partial charge in [0, 0.05) is 15.0 Å². The van der Waals surface area contributed by atoms with Gasteiger partial charge in [-0.05, 0) is 18.6 Å². The highest BCUT2D eigenvalue weighted by Gasteiger charge is 2.23. The lowest BCUT2D eigenvalue weighted by Gasteiger charge is -2.16. The van der Waals surface area contributed by atoms with Gasteiger partial charge in [0.15, 0.2) is 11.5 Å². The van der Waals surface area contributed by atoms with Crippen molar-refractivity contribution in [2.24, 2.45) is 0 Å². The van der Waals surface area contributed by atoms with Gasteiger partial charge in [-0.1, -0.05) is 35.7 Å². The smallest absolute Gasteiger partial charge is 0.210 e. The molecule has 0 saturated heterocycles. The van der Waals surface area contributed by atoms with E-state index in [4.69, 9.17) is 4.74 Å². The summed E-state index contributed by atoms with van der Waals surface area (Å²) in [5, 5.41) is 20.9. The van der Waals surface area contributed by atoms with Gasteiger partial charge in [-0.2, -0.15) is 0 Å². The average Bonchev–Trinajstić information content (AvgIpc) is 2.36. The molecule has 5 nitrogen and oxygen atoms in total. The number of rotatable bonds is 7. The molecule has 0 fully saturated rings. The molecule has 0 aliphatic rings. The largest absolute Gasteiger partial charge is 0.504 e. The molecule has 106 valence electrons. The molecule has 0 aromatic heterocycles. The predicted octanol–water partition coefficient (Wildman–Crippen LogP) is 3.71. The number of phenolic OH excluding ortho intramolecular Hbond substituents is 1. The minimum atomic E-state index is -0.340. The van der Waals surface area contributed by atoms with Gasteiger partial charge in [0.25, 0.3) is 0 Å². The van der Waals surface area contributed by atoms with Crippen LogP contribution in [-0.4, -0.2) is 23.7 Å². The molecule has 1 N–H and O–H groups in total. The summed E-state index contributed by atoms with van der Waals surface area (Å²) in [5.41, 5.74) is 0.566. The van der Waals surface area contributed by atoms with E-state index >= 15 is 0 Å². The molecule has 1 unspecified atom stereocenters. The van der Waals surface area contributed by atoms with E-state index in [1.165, 1.54) is 7.11 Å². The maximum atomic E-state index is 10.8. The molecule has 0 heterocycles. The Labute approximate surface area is 120 Å². The van der Waals surface area contributed by atoms with Crippen molar-refractivity contribution in [3.05, 3.63) is 32.3 Å². The summed E-state index contributed by atoms with van der Waals surface area (Å²) < 4.78 is 5.81. The fourth-order valence-corrected chi connectivity index (χ4v) is 2.49. The molecular formula is C13H18BrNO4. The molecule has 0 aliphatic carbocycles. The Kier molecular flexibility index (Phi) is 6.08. The Morgan fingerprint density at radius 2 is 2.21 bits per heavy atom. The van der Waals surface area contributed by atoms with Crippen LogP contribution in [0.4, 0.5) is 0 Å². The number of hydrogen-bond donors (Lipinski definition) is 1. The summed E-state index contributed by atoms with van der Waals surface area (Å²) in [6.45, 7) is 1.84. The standard InChI is InChI=1S/C13H18BrNO4/c1-3-4-5-9(8-15(17)18)11-6-10(14)7-12(19-2)13(11)16/h6-7,9,16H,3-5,8H2,1-2H3. The summed E-state index contributed by atoms with van der Waals surface area (Å²) in [5.74, 6) is 0.0178. The second kappa shape index (κ2) is 7.33. The van der Waals surface area contributed by atoms with Crippen LogP contribution in [0.1, 0.15) is 37.7 Å². The monoisotopic (exact) mass is 331 g/mol. The van der Waals surface area contributed by atoms with Gasteiger partial charge in [0.05, 0.1) is 13.0 Å². The van der Waals surface area contributed by atoms with Crippen LogP contribution < -0.4 is 4.74 Å². The highest BCUT2D eigenvalue weighted by molar-refractivity contribution is 9.10. The van der Waals surface area contributed by atoms with Crippen LogP contribution in [0.25, 0.3) is 0 Å². The van der Waals surface area contributed by atoms with Crippen molar-refractivity contribution < 1.29 is 14.8 Å². The quantitative estimate of drug-likeness (QED) is 0.610. The number of hydrogen-bond acceptors (Lipinski definition) is 4. The van der Waals surface area contributed by atoms with E-state index in [0.717, 1.165) is 17.3 Å². The Morgan fingerprint density at radius 1 is 1.53 bits per heavy atom. The van der Waals surface area contributed by atoms with E-state index in [-0.39, 0.29) is 23.1 Å². The SMILES string of the molecule is CCCCC(C[N+](=O)[O-])c1cc(Br)cc(OC)c1O. The molecule has 0 saturated carbocycles. The minimum Gasteiger partial charge on any atom is -0.504 e. The third-order valence-corrected chi connectivity index (χ3v) is 3.46. The second-order valence-electron chi connectivity index (χ2n) is 4.40. The number of benzene rings is 1. The highest BCUT2D eigenvalue weighted by Crippen LogP contribution is 2.39. The van der Waals surface area contributed by atoms with E-state index in [1.54, 1.807) is 12.1 Å². The number of unbranched alkanes of at least 4 members (excludes halogenated alkanes) is 1. The third-order valence-electron chi connectivity index (χ3n) is 3.00. The molecule has 0 radical (unpaired) electrons. The molecule has 0 bridgehead atoms. The summed E-state index contributed by atoms with van der Waals surface area (Å²) in [7, 11) is 1.46. The fraction of sp³-hybridized carbons (Fsp3) is 0.538. The van der Waals surface area contributed by atoms with Crippen molar-refractivity contribution in [1.29, 1.82) is 0 Å². The van der Waals surface area contributed by atoms with Crippen LogP contribution >= 0.6 is 15.9 Å². The maximum Gasteiger partial charge on any atom is 0.210 e. The number of aromatic hydroxyl groups is 1. The van der Waals surface area contributed by atoms with Crippen LogP contribution in [0.5, 0.6) is 11.5 Å². The molecule has 19 heavy (non-hydrogen) atoms. The number of phenols is 1. The first-order valence-electron chi connectivity index (χ1n) is 6.17. The fourth-order valence-electron chi connectivity index (χ4n) is 2.04. The van der Waals surface area contributed by atoms with Crippen LogP contribution in [0.15, 0.2) is 16.6 Å². The molecule has 1 rings (SSSR count). The van der Waals surface area contributed by atoms with Crippen LogP contribution in [0, 0.1) is 10.1 Å². The molecular weight excluding hydrogens is 314 g/mol. The molecule has 6 heteroatoms. The molecule has 0 amide bonds. The van der Waals surface area contributed by atoms with Crippen LogP contribution in [0.3, 0.4) is 0 Å². The van der Waals surface area contributed by atoms with Crippen LogP contribution in [-0.2, 0) is 0 Å². The average molecular weight is 332 g/mol. The third kappa shape index (κ3) is 4.38. The Balaban J connectivity index is 3.12. The van der Waals surface area contributed by atoms with Gasteiger partial charge >= 0.3 is 0 Å². The van der Waals surface area contributed by atoms with Crippen molar-refractivity contribution in [3.63, 3.8) is 0 Å². The van der Waals surface area contributed by atoms with Gasteiger partial charge in [0.2, 0.25) is 6.54 Å². The molecule has 0 aliphatic heterocycles. The van der Waals surface area contributed by atoms with Crippen molar-refractivity contribution in [2.75, 3.05) is 13.7 Å². The van der Waals surface area contributed by atoms with Crippen LogP contribution in [0.2, 0.25) is 0 Å². The molecule has 1 aromatic rings.